The van der Waals surface area contributed by atoms with Crippen LogP contribution in [0.3, 0.4) is 0 Å². The van der Waals surface area contributed by atoms with Gasteiger partial charge in [0.05, 0.1) is 18.8 Å². The molecule has 1 aromatic carbocycles. The molecular weight excluding hydrogens is 300 g/mol. The first-order valence-corrected chi connectivity index (χ1v) is 7.81. The van der Waals surface area contributed by atoms with Crippen molar-refractivity contribution in [3.8, 4) is 5.75 Å². The van der Waals surface area contributed by atoms with Gasteiger partial charge in [-0.2, -0.15) is 0 Å². The molecular formula is C15H16N4O2S. The number of aromatic nitrogens is 2. The summed E-state index contributed by atoms with van der Waals surface area (Å²) in [6.45, 7) is 2.94. The normalized spacial score (nSPS) is 10.6. The zero-order valence-corrected chi connectivity index (χ0v) is 12.9. The summed E-state index contributed by atoms with van der Waals surface area (Å²) >= 11 is 1.56. The van der Waals surface area contributed by atoms with Gasteiger partial charge in [0.1, 0.15) is 5.75 Å². The van der Waals surface area contributed by atoms with Crippen LogP contribution in [0.5, 0.6) is 5.75 Å². The minimum absolute atomic E-state index is 0.263. The third-order valence-electron chi connectivity index (χ3n) is 3.00. The first kappa shape index (κ1) is 14.4. The van der Waals surface area contributed by atoms with Crippen LogP contribution in [0.25, 0.3) is 4.96 Å². The lowest BCUT2D eigenvalue weighted by molar-refractivity contribution is 0.251. The Hall–Kier alpha value is -2.54. The van der Waals surface area contributed by atoms with Crippen molar-refractivity contribution in [2.75, 3.05) is 11.9 Å². The van der Waals surface area contributed by atoms with Crippen LogP contribution in [0.2, 0.25) is 0 Å². The zero-order valence-electron chi connectivity index (χ0n) is 12.1. The van der Waals surface area contributed by atoms with Crippen LogP contribution < -0.4 is 15.4 Å². The number of benzene rings is 1. The third-order valence-corrected chi connectivity index (χ3v) is 3.77. The molecule has 0 unspecified atom stereocenters. The molecule has 0 radical (unpaired) electrons. The molecule has 0 atom stereocenters. The lowest BCUT2D eigenvalue weighted by Crippen LogP contribution is -2.28. The number of carbonyl (C=O) groups is 1. The largest absolute Gasteiger partial charge is 0.494 e. The van der Waals surface area contributed by atoms with E-state index >= 15 is 0 Å². The fourth-order valence-corrected chi connectivity index (χ4v) is 2.73. The highest BCUT2D eigenvalue weighted by atomic mass is 32.1. The second-order valence-electron chi connectivity index (χ2n) is 4.59. The van der Waals surface area contributed by atoms with Crippen molar-refractivity contribution in [2.24, 2.45) is 0 Å². The van der Waals surface area contributed by atoms with Crippen molar-refractivity contribution < 1.29 is 9.53 Å². The van der Waals surface area contributed by atoms with Gasteiger partial charge in [-0.1, -0.05) is 0 Å². The maximum absolute atomic E-state index is 11.9. The lowest BCUT2D eigenvalue weighted by Gasteiger charge is -2.07. The second-order valence-corrected chi connectivity index (χ2v) is 5.46. The first-order valence-electron chi connectivity index (χ1n) is 6.93. The van der Waals surface area contributed by atoms with Crippen LogP contribution in [0.1, 0.15) is 12.6 Å². The minimum Gasteiger partial charge on any atom is -0.494 e. The Morgan fingerprint density at radius 3 is 2.91 bits per heavy atom. The van der Waals surface area contributed by atoms with Crippen LogP contribution in [0, 0.1) is 0 Å². The van der Waals surface area contributed by atoms with Crippen molar-refractivity contribution in [3.63, 3.8) is 0 Å². The standard InChI is InChI=1S/C15H16N4O2S/c1-2-21-13-5-3-11(4-6-13)17-14(20)16-9-12-10-19-7-8-22-15(19)18-12/h3-8,10H,2,9H2,1H3,(H2,16,17,20). The molecule has 22 heavy (non-hydrogen) atoms. The van der Waals surface area contributed by atoms with Gasteiger partial charge in [0, 0.05) is 23.5 Å². The third kappa shape index (κ3) is 3.37. The number of amides is 2. The predicted octanol–water partition coefficient (Wildman–Crippen LogP) is 3.12. The molecule has 7 heteroatoms. The molecule has 2 aromatic heterocycles. The molecule has 6 nitrogen and oxygen atoms in total. The number of urea groups is 1. The minimum atomic E-state index is -0.263. The molecule has 0 spiro atoms. The predicted molar refractivity (Wildman–Crippen MR) is 86.5 cm³/mol. The van der Waals surface area contributed by atoms with E-state index in [9.17, 15) is 4.79 Å². The Labute approximate surface area is 131 Å². The summed E-state index contributed by atoms with van der Waals surface area (Å²) in [5.74, 6) is 0.784. The molecule has 114 valence electrons. The molecule has 0 aliphatic carbocycles. The average molecular weight is 316 g/mol. The number of hydrogen-bond donors (Lipinski definition) is 2. The average Bonchev–Trinajstić information content (AvgIpc) is 3.08. The van der Waals surface area contributed by atoms with E-state index in [2.05, 4.69) is 15.6 Å². The molecule has 0 aliphatic heterocycles. The van der Waals surface area contributed by atoms with E-state index < -0.39 is 0 Å². The monoisotopic (exact) mass is 316 g/mol. The number of anilines is 1. The van der Waals surface area contributed by atoms with Crippen molar-refractivity contribution >= 4 is 28.0 Å². The fourth-order valence-electron chi connectivity index (χ4n) is 2.01. The molecule has 0 saturated heterocycles. The zero-order chi connectivity index (χ0) is 15.4. The number of carbonyl (C=O) groups excluding carboxylic acids is 1. The fraction of sp³-hybridized carbons (Fsp3) is 0.200. The van der Waals surface area contributed by atoms with E-state index in [-0.39, 0.29) is 6.03 Å². The van der Waals surface area contributed by atoms with Gasteiger partial charge >= 0.3 is 6.03 Å². The maximum atomic E-state index is 11.9. The topological polar surface area (TPSA) is 67.7 Å². The Kier molecular flexibility index (Phi) is 4.24. The summed E-state index contributed by atoms with van der Waals surface area (Å²) in [7, 11) is 0. The van der Waals surface area contributed by atoms with E-state index in [0.717, 1.165) is 16.4 Å². The Balaban J connectivity index is 1.52. The number of rotatable bonds is 5. The molecule has 3 rings (SSSR count). The summed E-state index contributed by atoms with van der Waals surface area (Å²) in [4.78, 5) is 17.2. The quantitative estimate of drug-likeness (QED) is 0.760. The smallest absolute Gasteiger partial charge is 0.319 e. The Morgan fingerprint density at radius 1 is 1.36 bits per heavy atom. The van der Waals surface area contributed by atoms with E-state index in [4.69, 9.17) is 4.74 Å². The summed E-state index contributed by atoms with van der Waals surface area (Å²) in [6, 6.07) is 6.99. The number of hydrogen-bond acceptors (Lipinski definition) is 4. The SMILES string of the molecule is CCOc1ccc(NC(=O)NCc2cn3ccsc3n2)cc1. The molecule has 2 heterocycles. The van der Waals surface area contributed by atoms with Crippen molar-refractivity contribution in [1.82, 2.24) is 14.7 Å². The van der Waals surface area contributed by atoms with Gasteiger partial charge in [-0.3, -0.25) is 4.40 Å². The molecule has 0 fully saturated rings. The van der Waals surface area contributed by atoms with Crippen LogP contribution >= 0.6 is 11.3 Å². The number of nitrogens with zero attached hydrogens (tertiary/aromatic N) is 2. The molecule has 2 N–H and O–H groups in total. The number of nitrogens with one attached hydrogen (secondary N) is 2. The van der Waals surface area contributed by atoms with Crippen LogP contribution in [0.4, 0.5) is 10.5 Å². The molecule has 0 saturated carbocycles. The van der Waals surface area contributed by atoms with Crippen LogP contribution in [-0.2, 0) is 6.54 Å². The highest BCUT2D eigenvalue weighted by Crippen LogP contribution is 2.15. The number of ether oxygens (including phenoxy) is 1. The number of imidazole rings is 1. The van der Waals surface area contributed by atoms with Gasteiger partial charge in [0.2, 0.25) is 0 Å². The van der Waals surface area contributed by atoms with E-state index in [1.807, 2.05) is 41.2 Å². The Morgan fingerprint density at radius 2 is 2.18 bits per heavy atom. The van der Waals surface area contributed by atoms with Gasteiger partial charge < -0.3 is 15.4 Å². The van der Waals surface area contributed by atoms with Gasteiger partial charge in [-0.25, -0.2) is 9.78 Å². The lowest BCUT2D eigenvalue weighted by atomic mass is 10.3. The highest BCUT2D eigenvalue weighted by Gasteiger charge is 2.05. The van der Waals surface area contributed by atoms with Crippen molar-refractivity contribution in [1.29, 1.82) is 0 Å². The summed E-state index contributed by atoms with van der Waals surface area (Å²) in [5, 5.41) is 7.53. The second kappa shape index (κ2) is 6.48. The number of fused-ring (bicyclic) bond motifs is 1. The van der Waals surface area contributed by atoms with Crippen LogP contribution in [-0.4, -0.2) is 22.0 Å². The number of thiazole rings is 1. The summed E-state index contributed by atoms with van der Waals surface area (Å²) in [6.07, 6.45) is 3.85. The maximum Gasteiger partial charge on any atom is 0.319 e. The van der Waals surface area contributed by atoms with E-state index in [1.165, 1.54) is 0 Å². The van der Waals surface area contributed by atoms with Crippen molar-refractivity contribution in [3.05, 3.63) is 47.7 Å². The molecule has 0 aliphatic rings. The van der Waals surface area contributed by atoms with Gasteiger partial charge in [-0.15, -0.1) is 11.3 Å². The van der Waals surface area contributed by atoms with Gasteiger partial charge in [-0.05, 0) is 31.2 Å². The molecule has 2 amide bonds. The van der Waals surface area contributed by atoms with Crippen molar-refractivity contribution in [2.45, 2.75) is 13.5 Å². The Bertz CT molecular complexity index is 735. The first-order chi connectivity index (χ1) is 10.7. The van der Waals surface area contributed by atoms with E-state index in [0.29, 0.717) is 18.8 Å². The van der Waals surface area contributed by atoms with Crippen LogP contribution in [0.15, 0.2) is 42.0 Å². The van der Waals surface area contributed by atoms with Gasteiger partial charge in [0.25, 0.3) is 0 Å². The van der Waals surface area contributed by atoms with Gasteiger partial charge in [0.15, 0.2) is 4.96 Å². The highest BCUT2D eigenvalue weighted by molar-refractivity contribution is 7.15. The molecule has 3 aromatic rings. The molecule has 0 bridgehead atoms. The summed E-state index contributed by atoms with van der Waals surface area (Å²) < 4.78 is 7.29. The summed E-state index contributed by atoms with van der Waals surface area (Å²) in [5.41, 5.74) is 1.54. The van der Waals surface area contributed by atoms with E-state index in [1.54, 1.807) is 23.5 Å².